The molecule has 5 heteroatoms. The van der Waals surface area contributed by atoms with E-state index in [1.54, 1.807) is 48.9 Å². The number of rotatable bonds is 3. The minimum absolute atomic E-state index is 0.278. The van der Waals surface area contributed by atoms with Crippen LogP contribution in [0.1, 0.15) is 0 Å². The average molecular weight is 334 g/mol. The number of fused-ring (bicyclic) bond motifs is 1. The summed E-state index contributed by atoms with van der Waals surface area (Å²) in [5.74, 6) is 0. The van der Waals surface area contributed by atoms with Gasteiger partial charge in [0.05, 0.1) is 10.4 Å². The smallest absolute Gasteiger partial charge is 0.265 e. The Hall–Kier alpha value is -2.92. The Bertz CT molecular complexity index is 1100. The molecule has 0 amide bonds. The highest BCUT2D eigenvalue weighted by Gasteiger charge is 2.18. The van der Waals surface area contributed by atoms with Crippen LogP contribution in [0.25, 0.3) is 22.0 Å². The minimum Gasteiger partial charge on any atom is -0.265 e. The molecule has 2 aromatic carbocycles. The summed E-state index contributed by atoms with van der Waals surface area (Å²) >= 11 is 0. The van der Waals surface area contributed by atoms with Crippen molar-refractivity contribution in [3.63, 3.8) is 0 Å². The third-order valence-electron chi connectivity index (χ3n) is 3.97. The van der Waals surface area contributed by atoms with Crippen molar-refractivity contribution >= 4 is 20.9 Å². The van der Waals surface area contributed by atoms with E-state index < -0.39 is 10.0 Å². The lowest BCUT2D eigenvalue weighted by Gasteiger charge is -2.08. The van der Waals surface area contributed by atoms with Gasteiger partial charge in [0.2, 0.25) is 0 Å². The maximum Gasteiger partial charge on any atom is 0.268 e. The number of hydrogen-bond acceptors (Lipinski definition) is 3. The lowest BCUT2D eigenvalue weighted by molar-refractivity contribution is 0.589. The van der Waals surface area contributed by atoms with Crippen molar-refractivity contribution in [3.05, 3.63) is 85.3 Å². The van der Waals surface area contributed by atoms with Crippen LogP contribution in [0, 0.1) is 0 Å². The molecular weight excluding hydrogens is 320 g/mol. The first-order valence-electron chi connectivity index (χ1n) is 7.48. The summed E-state index contributed by atoms with van der Waals surface area (Å²) in [5.41, 5.74) is 2.74. The number of hydrogen-bond donors (Lipinski definition) is 0. The van der Waals surface area contributed by atoms with E-state index in [9.17, 15) is 8.42 Å². The van der Waals surface area contributed by atoms with E-state index in [4.69, 9.17) is 0 Å². The predicted molar refractivity (Wildman–Crippen MR) is 94.2 cm³/mol. The molecule has 0 spiro atoms. The SMILES string of the molecule is O=S(=O)(c1ccccc1)n1ccc2cc(-c3ccncc3)ccc21. The summed E-state index contributed by atoms with van der Waals surface area (Å²) in [4.78, 5) is 4.30. The molecule has 0 aliphatic heterocycles. The summed E-state index contributed by atoms with van der Waals surface area (Å²) in [6.45, 7) is 0. The minimum atomic E-state index is -3.59. The lowest BCUT2D eigenvalue weighted by Crippen LogP contribution is -2.11. The summed E-state index contributed by atoms with van der Waals surface area (Å²) in [6.07, 6.45) is 5.08. The van der Waals surface area contributed by atoms with E-state index in [2.05, 4.69) is 4.98 Å². The molecule has 2 heterocycles. The second kappa shape index (κ2) is 5.62. The second-order valence-corrected chi connectivity index (χ2v) is 7.25. The predicted octanol–water partition coefficient (Wildman–Crippen LogP) is 3.94. The molecule has 4 rings (SSSR count). The molecule has 2 aromatic heterocycles. The number of pyridine rings is 1. The zero-order valence-electron chi connectivity index (χ0n) is 12.7. The van der Waals surface area contributed by atoms with Crippen LogP contribution < -0.4 is 0 Å². The van der Waals surface area contributed by atoms with Gasteiger partial charge in [-0.2, -0.15) is 0 Å². The molecule has 0 radical (unpaired) electrons. The first-order valence-corrected chi connectivity index (χ1v) is 8.92. The standard InChI is InChI=1S/C19H14N2O2S/c22-24(23,18-4-2-1-3-5-18)21-13-10-17-14-16(6-7-19(17)21)15-8-11-20-12-9-15/h1-14H. The van der Waals surface area contributed by atoms with Crippen molar-refractivity contribution in [2.45, 2.75) is 4.90 Å². The fraction of sp³-hybridized carbons (Fsp3) is 0. The van der Waals surface area contributed by atoms with Crippen LogP contribution in [0.3, 0.4) is 0 Å². The van der Waals surface area contributed by atoms with E-state index >= 15 is 0 Å². The number of nitrogens with zero attached hydrogens (tertiary/aromatic N) is 2. The molecule has 0 N–H and O–H groups in total. The Morgan fingerprint density at radius 1 is 0.792 bits per heavy atom. The second-order valence-electron chi connectivity index (χ2n) is 5.44. The Morgan fingerprint density at radius 2 is 1.54 bits per heavy atom. The van der Waals surface area contributed by atoms with Crippen molar-refractivity contribution in [3.8, 4) is 11.1 Å². The van der Waals surface area contributed by atoms with Gasteiger partial charge in [0.1, 0.15) is 0 Å². The van der Waals surface area contributed by atoms with Crippen molar-refractivity contribution < 1.29 is 8.42 Å². The Labute approximate surface area is 140 Å². The lowest BCUT2D eigenvalue weighted by atomic mass is 10.1. The third-order valence-corrected chi connectivity index (χ3v) is 5.67. The third kappa shape index (κ3) is 2.39. The molecule has 0 saturated heterocycles. The molecule has 4 nitrogen and oxygen atoms in total. The molecule has 0 bridgehead atoms. The van der Waals surface area contributed by atoms with Crippen molar-refractivity contribution in [1.29, 1.82) is 0 Å². The largest absolute Gasteiger partial charge is 0.268 e. The molecule has 0 unspecified atom stereocenters. The normalized spacial score (nSPS) is 11.7. The highest BCUT2D eigenvalue weighted by molar-refractivity contribution is 7.90. The van der Waals surface area contributed by atoms with Gasteiger partial charge in [-0.1, -0.05) is 24.3 Å². The van der Waals surface area contributed by atoms with Gasteiger partial charge in [-0.3, -0.25) is 4.98 Å². The van der Waals surface area contributed by atoms with Crippen LogP contribution in [-0.4, -0.2) is 17.4 Å². The van der Waals surface area contributed by atoms with E-state index in [0.717, 1.165) is 16.5 Å². The van der Waals surface area contributed by atoms with E-state index in [1.807, 2.05) is 36.4 Å². The van der Waals surface area contributed by atoms with Gasteiger partial charge in [0.15, 0.2) is 0 Å². The topological polar surface area (TPSA) is 52.0 Å². The van der Waals surface area contributed by atoms with E-state index in [1.165, 1.54) is 3.97 Å². The van der Waals surface area contributed by atoms with Crippen LogP contribution >= 0.6 is 0 Å². The summed E-state index contributed by atoms with van der Waals surface area (Å²) in [7, 11) is -3.59. The van der Waals surface area contributed by atoms with Gasteiger partial charge >= 0.3 is 0 Å². The maximum atomic E-state index is 12.8. The van der Waals surface area contributed by atoms with Gasteiger partial charge < -0.3 is 0 Å². The monoisotopic (exact) mass is 334 g/mol. The summed E-state index contributed by atoms with van der Waals surface area (Å²) < 4.78 is 27.0. The Kier molecular flexibility index (Phi) is 3.43. The highest BCUT2D eigenvalue weighted by Crippen LogP contribution is 2.27. The summed E-state index contributed by atoms with van der Waals surface area (Å²) in [5, 5.41) is 0.879. The van der Waals surface area contributed by atoms with Gasteiger partial charge in [-0.05, 0) is 53.6 Å². The quantitative estimate of drug-likeness (QED) is 0.570. The van der Waals surface area contributed by atoms with E-state index in [0.29, 0.717) is 5.52 Å². The highest BCUT2D eigenvalue weighted by atomic mass is 32.2. The molecule has 118 valence electrons. The molecule has 0 fully saturated rings. The number of benzene rings is 2. The molecule has 0 saturated carbocycles. The zero-order valence-corrected chi connectivity index (χ0v) is 13.5. The van der Waals surface area contributed by atoms with Gasteiger partial charge in [-0.15, -0.1) is 0 Å². The maximum absolute atomic E-state index is 12.8. The first kappa shape index (κ1) is 14.7. The molecule has 0 aliphatic rings. The van der Waals surface area contributed by atoms with Crippen molar-refractivity contribution in [2.24, 2.45) is 0 Å². The first-order chi connectivity index (χ1) is 11.7. The van der Waals surface area contributed by atoms with Gasteiger partial charge in [0, 0.05) is 24.0 Å². The Morgan fingerprint density at radius 3 is 2.29 bits per heavy atom. The van der Waals surface area contributed by atoms with Crippen molar-refractivity contribution in [2.75, 3.05) is 0 Å². The van der Waals surface area contributed by atoms with Crippen LogP contribution in [0.2, 0.25) is 0 Å². The molecule has 0 aliphatic carbocycles. The van der Waals surface area contributed by atoms with Crippen LogP contribution in [0.15, 0.2) is 90.2 Å². The van der Waals surface area contributed by atoms with Crippen molar-refractivity contribution in [1.82, 2.24) is 8.96 Å². The fourth-order valence-electron chi connectivity index (χ4n) is 2.76. The molecular formula is C19H14N2O2S. The van der Waals surface area contributed by atoms with Crippen LogP contribution in [0.4, 0.5) is 0 Å². The Balaban J connectivity index is 1.85. The average Bonchev–Trinajstić information content (AvgIpc) is 3.07. The van der Waals surface area contributed by atoms with Gasteiger partial charge in [0.25, 0.3) is 10.0 Å². The van der Waals surface area contributed by atoms with E-state index in [-0.39, 0.29) is 4.90 Å². The molecule has 4 aromatic rings. The van der Waals surface area contributed by atoms with Crippen LogP contribution in [-0.2, 0) is 10.0 Å². The molecule has 0 atom stereocenters. The number of aromatic nitrogens is 2. The molecule has 24 heavy (non-hydrogen) atoms. The fourth-order valence-corrected chi connectivity index (χ4v) is 4.13. The van der Waals surface area contributed by atoms with Gasteiger partial charge in [-0.25, -0.2) is 12.4 Å². The summed E-state index contributed by atoms with van der Waals surface area (Å²) in [6, 6.07) is 19.9. The zero-order chi connectivity index (χ0) is 16.6. The van der Waals surface area contributed by atoms with Crippen LogP contribution in [0.5, 0.6) is 0 Å².